The minimum absolute atomic E-state index is 0. The first-order valence-corrected chi connectivity index (χ1v) is 21.0. The van der Waals surface area contributed by atoms with E-state index in [2.05, 4.69) is 69.7 Å². The highest BCUT2D eigenvalue weighted by Crippen LogP contribution is 2.31. The Morgan fingerprint density at radius 1 is 0.729 bits per heavy atom. The number of likely N-dealkylation sites (N-methyl/N-ethyl adjacent to an activating group) is 4. The summed E-state index contributed by atoms with van der Waals surface area (Å²) in [6, 6.07) is -1.25. The van der Waals surface area contributed by atoms with Crippen molar-refractivity contribution in [3.63, 3.8) is 0 Å². The van der Waals surface area contributed by atoms with Gasteiger partial charge in [0, 0.05) is 53.4 Å². The van der Waals surface area contributed by atoms with E-state index in [4.69, 9.17) is 15.0 Å². The van der Waals surface area contributed by atoms with Crippen LogP contribution < -0.4 is 21.3 Å². The molecule has 2 aromatic rings. The number of fused-ring (bicyclic) bond motifs is 2. The first-order chi connectivity index (χ1) is 27.2. The van der Waals surface area contributed by atoms with Crippen LogP contribution in [-0.4, -0.2) is 123 Å². The van der Waals surface area contributed by atoms with E-state index in [9.17, 15) is 19.2 Å². The molecule has 6 rings (SSSR count). The first-order valence-electron chi connectivity index (χ1n) is 20.2. The van der Waals surface area contributed by atoms with Crippen LogP contribution in [-0.2, 0) is 35.8 Å². The van der Waals surface area contributed by atoms with Gasteiger partial charge in [-0.3, -0.25) is 29.0 Å². The highest BCUT2D eigenvalue weighted by molar-refractivity contribution is 9.10. The zero-order valence-electron chi connectivity index (χ0n) is 36.0. The van der Waals surface area contributed by atoms with Gasteiger partial charge in [0.15, 0.2) is 16.1 Å². The summed E-state index contributed by atoms with van der Waals surface area (Å²) in [6.07, 6.45) is 10.3. The van der Waals surface area contributed by atoms with Crippen LogP contribution in [0.1, 0.15) is 126 Å². The molecule has 0 spiro atoms. The molecule has 16 nitrogen and oxygen atoms in total. The molecule has 2 aliphatic heterocycles. The second-order valence-corrected chi connectivity index (χ2v) is 18.3. The van der Waals surface area contributed by atoms with Crippen molar-refractivity contribution in [1.82, 2.24) is 50.2 Å². The lowest BCUT2D eigenvalue weighted by atomic mass is 9.79. The largest absolute Gasteiger partial charge is 0.483 e. The number of hydrogen-bond acceptors (Lipinski definition) is 10. The molecule has 0 aromatic carbocycles. The van der Waals surface area contributed by atoms with Crippen molar-refractivity contribution in [2.24, 2.45) is 10.8 Å². The molecule has 0 saturated heterocycles. The number of nitrogens with one attached hydrogen (secondary N) is 4. The van der Waals surface area contributed by atoms with Crippen LogP contribution in [0.2, 0.25) is 0 Å². The Kier molecular flexibility index (Phi) is 17.7. The topological polar surface area (TPSA) is 199 Å². The Morgan fingerprint density at radius 2 is 1.19 bits per heavy atom. The summed E-state index contributed by atoms with van der Waals surface area (Å²) in [7, 11) is 6.02. The highest BCUT2D eigenvalue weighted by atomic mass is 79.9. The van der Waals surface area contributed by atoms with E-state index in [-0.39, 0.29) is 31.1 Å². The highest BCUT2D eigenvalue weighted by Gasteiger charge is 2.36. The summed E-state index contributed by atoms with van der Waals surface area (Å²) >= 11 is 3.41. The standard InChI is InChI=1S/C20H31N5O2.C15H24BrN5O2.C5H9BO2.CH4/c1-20(2,3)16(19(27)21-4)23-18(26)15-14-12-24(5)10-11-25(14)17(22-15)13-8-6-7-9-13;1-15(2,3)11(13(23)17-4)19-12(22)10-9-8-20(5)6-7-21(9)14(16)18-10;7-6(8)5-3-1-2-4-5;/h8,16H,6-7,9-12H2,1-5H3,(H,21,27)(H,23,26);11H,6-8H2,1-5H3,(H,17,23)(H,19,22);3,7-8H,1-2,4H2;1H4/t16-;11-;;/m11../s1. The molecule has 6 N–H and O–H groups in total. The third kappa shape index (κ3) is 12.6. The molecule has 2 aliphatic carbocycles. The third-order valence-electron chi connectivity index (χ3n) is 10.8. The number of aromatic nitrogens is 4. The Bertz CT molecular complexity index is 1880. The molecule has 0 radical (unpaired) electrons. The number of imidazole rings is 2. The molecule has 59 heavy (non-hydrogen) atoms. The van der Waals surface area contributed by atoms with Gasteiger partial charge in [0.05, 0.1) is 11.4 Å². The molecule has 4 aliphatic rings. The molecular formula is C41H68BBrN10O6. The molecule has 4 amide bonds. The van der Waals surface area contributed by atoms with E-state index in [0.29, 0.717) is 29.2 Å². The maximum Gasteiger partial charge on any atom is 0.483 e. The summed E-state index contributed by atoms with van der Waals surface area (Å²) in [4.78, 5) is 63.7. The van der Waals surface area contributed by atoms with Crippen molar-refractivity contribution >= 4 is 52.3 Å². The average Bonchev–Trinajstić information content (AvgIpc) is 3.99. The second kappa shape index (κ2) is 21.1. The van der Waals surface area contributed by atoms with Gasteiger partial charge in [-0.2, -0.15) is 0 Å². The Labute approximate surface area is 359 Å². The van der Waals surface area contributed by atoms with Crippen molar-refractivity contribution < 1.29 is 29.2 Å². The van der Waals surface area contributed by atoms with Crippen LogP contribution in [0.3, 0.4) is 0 Å². The van der Waals surface area contributed by atoms with Gasteiger partial charge in [-0.1, -0.05) is 61.1 Å². The number of carbonyl (C=O) groups is 4. The van der Waals surface area contributed by atoms with Crippen LogP contribution in [0.5, 0.6) is 0 Å². The fourth-order valence-corrected chi connectivity index (χ4v) is 7.96. The Balaban J connectivity index is 0.000000264. The quantitative estimate of drug-likeness (QED) is 0.214. The Hall–Kier alpha value is -3.84. The van der Waals surface area contributed by atoms with Crippen molar-refractivity contribution in [2.75, 3.05) is 41.3 Å². The number of halogens is 1. The maximum atomic E-state index is 13.1. The zero-order valence-corrected chi connectivity index (χ0v) is 37.5. The van der Waals surface area contributed by atoms with Crippen molar-refractivity contribution in [3.05, 3.63) is 51.0 Å². The number of rotatable bonds is 8. The molecule has 328 valence electrons. The SMILES string of the molecule is C.CNC(=O)[C@@H](NC(=O)c1nc(Br)n2c1CN(C)CC2)C(C)(C)C.CNC(=O)[C@@H](NC(=O)c1nc(C2=CCCC2)n2c1CN(C)CC2)C(C)(C)C.OB(O)C1=CCCC1. The lowest BCUT2D eigenvalue weighted by Gasteiger charge is -2.30. The third-order valence-corrected chi connectivity index (χ3v) is 11.4. The van der Waals surface area contributed by atoms with Gasteiger partial charge < -0.3 is 40.4 Å². The van der Waals surface area contributed by atoms with E-state index < -0.39 is 30.0 Å². The molecule has 0 saturated carbocycles. The van der Waals surface area contributed by atoms with Crippen molar-refractivity contribution in [3.8, 4) is 0 Å². The summed E-state index contributed by atoms with van der Waals surface area (Å²) in [5, 5.41) is 28.1. The van der Waals surface area contributed by atoms with Crippen LogP contribution in [0.25, 0.3) is 5.57 Å². The van der Waals surface area contributed by atoms with E-state index >= 15 is 0 Å². The molecule has 0 unspecified atom stereocenters. The molecule has 18 heteroatoms. The molecule has 0 fully saturated rings. The van der Waals surface area contributed by atoms with Gasteiger partial charge in [0.1, 0.15) is 17.9 Å². The lowest BCUT2D eigenvalue weighted by molar-refractivity contribution is -0.125. The van der Waals surface area contributed by atoms with E-state index in [0.717, 1.165) is 87.4 Å². The van der Waals surface area contributed by atoms with Crippen LogP contribution in [0, 0.1) is 10.8 Å². The minimum atomic E-state index is -1.20. The van der Waals surface area contributed by atoms with Crippen LogP contribution >= 0.6 is 15.9 Å². The van der Waals surface area contributed by atoms with E-state index in [1.165, 1.54) is 5.57 Å². The zero-order chi connectivity index (χ0) is 43.1. The van der Waals surface area contributed by atoms with Crippen LogP contribution in [0.4, 0.5) is 0 Å². The second-order valence-electron chi connectivity index (χ2n) is 17.6. The summed E-state index contributed by atoms with van der Waals surface area (Å²) in [6.45, 7) is 16.4. The van der Waals surface area contributed by atoms with Crippen molar-refractivity contribution in [2.45, 2.75) is 126 Å². The van der Waals surface area contributed by atoms with Gasteiger partial charge in [-0.15, -0.1) is 0 Å². The van der Waals surface area contributed by atoms with E-state index in [1.54, 1.807) is 14.1 Å². The van der Waals surface area contributed by atoms with Gasteiger partial charge >= 0.3 is 7.12 Å². The number of nitrogens with zero attached hydrogens (tertiary/aromatic N) is 6. The van der Waals surface area contributed by atoms with Crippen LogP contribution in [0.15, 0.2) is 22.4 Å². The molecular weight excluding hydrogens is 819 g/mol. The lowest BCUT2D eigenvalue weighted by Crippen LogP contribution is -2.53. The Morgan fingerprint density at radius 3 is 1.59 bits per heavy atom. The predicted molar refractivity (Wildman–Crippen MR) is 235 cm³/mol. The fourth-order valence-electron chi connectivity index (χ4n) is 7.39. The van der Waals surface area contributed by atoms with E-state index in [1.807, 2.05) is 59.2 Å². The van der Waals surface area contributed by atoms with Gasteiger partial charge in [0.2, 0.25) is 11.8 Å². The first kappa shape index (κ1) is 49.5. The van der Waals surface area contributed by atoms with Gasteiger partial charge in [-0.25, -0.2) is 9.97 Å². The summed E-state index contributed by atoms with van der Waals surface area (Å²) in [5.41, 5.74) is 3.85. The predicted octanol–water partition coefficient (Wildman–Crippen LogP) is 3.51. The normalized spacial score (nSPS) is 17.5. The maximum absolute atomic E-state index is 13.1. The summed E-state index contributed by atoms with van der Waals surface area (Å²) < 4.78 is 4.84. The van der Waals surface area contributed by atoms with Crippen molar-refractivity contribution in [1.29, 1.82) is 0 Å². The molecule has 0 bridgehead atoms. The smallest absolute Gasteiger partial charge is 0.423 e. The summed E-state index contributed by atoms with van der Waals surface area (Å²) in [5.74, 6) is -0.0800. The fraction of sp³-hybridized carbons (Fsp3) is 0.659. The van der Waals surface area contributed by atoms with Gasteiger partial charge in [0.25, 0.3) is 11.8 Å². The number of allylic oxidation sites excluding steroid dienone is 4. The molecule has 4 heterocycles. The molecule has 2 aromatic heterocycles. The van der Waals surface area contributed by atoms with Gasteiger partial charge in [-0.05, 0) is 90.4 Å². The number of amides is 4. The average molecular weight is 888 g/mol. The number of hydrogen-bond donors (Lipinski definition) is 6. The minimum Gasteiger partial charge on any atom is -0.423 e. The number of carbonyl (C=O) groups excluding carboxylic acids is 4. The monoisotopic (exact) mass is 886 g/mol. The molecule has 2 atom stereocenters.